The zero-order valence-corrected chi connectivity index (χ0v) is 12.6. The number of aryl methyl sites for hydroxylation is 1. The highest BCUT2D eigenvalue weighted by Crippen LogP contribution is 2.34. The maximum atomic E-state index is 5.88. The number of rotatable bonds is 3. The largest absolute Gasteiger partial charge is 0.436 e. The molecule has 3 rings (SSSR count). The van der Waals surface area contributed by atoms with E-state index in [4.69, 9.17) is 4.42 Å². The molecule has 0 aliphatic rings. The molecule has 20 heavy (non-hydrogen) atoms. The summed E-state index contributed by atoms with van der Waals surface area (Å²) in [5.41, 5.74) is 3.91. The molecule has 0 saturated carbocycles. The molecule has 1 aromatic carbocycles. The van der Waals surface area contributed by atoms with Gasteiger partial charge in [-0.3, -0.25) is 4.98 Å². The molecule has 4 heteroatoms. The summed E-state index contributed by atoms with van der Waals surface area (Å²) in [6, 6.07) is 8.01. The summed E-state index contributed by atoms with van der Waals surface area (Å²) in [6.45, 7) is 6.38. The Morgan fingerprint density at radius 2 is 2.05 bits per heavy atom. The van der Waals surface area contributed by atoms with Gasteiger partial charge in [0, 0.05) is 22.5 Å². The lowest BCUT2D eigenvalue weighted by molar-refractivity contribution is 0.618. The molecule has 102 valence electrons. The first-order valence-electron chi connectivity index (χ1n) is 6.62. The molecular weight excluding hydrogens is 268 g/mol. The second-order valence-corrected chi connectivity index (χ2v) is 6.65. The summed E-state index contributed by atoms with van der Waals surface area (Å²) in [4.78, 5) is 9.91. The van der Waals surface area contributed by atoms with Crippen LogP contribution in [0.5, 0.6) is 0 Å². The molecule has 0 saturated heterocycles. The highest BCUT2D eigenvalue weighted by atomic mass is 32.2. The summed E-state index contributed by atoms with van der Waals surface area (Å²) < 4.78 is 5.88. The van der Waals surface area contributed by atoms with Gasteiger partial charge in [0.2, 0.25) is 5.89 Å². The minimum absolute atomic E-state index is 0.490. The van der Waals surface area contributed by atoms with Crippen LogP contribution in [0, 0.1) is 6.92 Å². The maximum Gasteiger partial charge on any atom is 0.228 e. The maximum absolute atomic E-state index is 5.88. The van der Waals surface area contributed by atoms with Gasteiger partial charge >= 0.3 is 0 Å². The highest BCUT2D eigenvalue weighted by Gasteiger charge is 2.13. The molecule has 0 N–H and O–H groups in total. The smallest absolute Gasteiger partial charge is 0.228 e. The zero-order chi connectivity index (χ0) is 14.1. The SMILES string of the molecule is Cc1ccc2oc(-c3ccncc3SC(C)C)nc2c1. The Balaban J connectivity index is 2.10. The lowest BCUT2D eigenvalue weighted by Gasteiger charge is -2.07. The van der Waals surface area contributed by atoms with Gasteiger partial charge in [-0.2, -0.15) is 0 Å². The summed E-state index contributed by atoms with van der Waals surface area (Å²) in [5, 5.41) is 0.490. The van der Waals surface area contributed by atoms with Crippen LogP contribution in [0.1, 0.15) is 19.4 Å². The van der Waals surface area contributed by atoms with Gasteiger partial charge < -0.3 is 4.42 Å². The van der Waals surface area contributed by atoms with Gasteiger partial charge in [0.15, 0.2) is 5.58 Å². The van der Waals surface area contributed by atoms with Crippen LogP contribution in [-0.4, -0.2) is 15.2 Å². The number of hydrogen-bond donors (Lipinski definition) is 0. The third-order valence-corrected chi connectivity index (χ3v) is 3.97. The Kier molecular flexibility index (Phi) is 3.49. The van der Waals surface area contributed by atoms with Crippen LogP contribution >= 0.6 is 11.8 Å². The van der Waals surface area contributed by atoms with E-state index >= 15 is 0 Å². The van der Waals surface area contributed by atoms with Crippen molar-refractivity contribution in [3.8, 4) is 11.5 Å². The molecule has 2 heterocycles. The second kappa shape index (κ2) is 5.29. The van der Waals surface area contributed by atoms with Crippen molar-refractivity contribution in [2.75, 3.05) is 0 Å². The number of nitrogens with zero attached hydrogens (tertiary/aromatic N) is 2. The first-order valence-corrected chi connectivity index (χ1v) is 7.49. The lowest BCUT2D eigenvalue weighted by Crippen LogP contribution is -1.90. The molecule has 0 spiro atoms. The molecule has 0 fully saturated rings. The van der Waals surface area contributed by atoms with Crippen molar-refractivity contribution < 1.29 is 4.42 Å². The molecule has 0 unspecified atom stereocenters. The summed E-state index contributed by atoms with van der Waals surface area (Å²) in [5.74, 6) is 0.663. The predicted molar refractivity (Wildman–Crippen MR) is 83.0 cm³/mol. The Bertz CT molecular complexity index is 749. The molecular formula is C16H16N2OS. The van der Waals surface area contributed by atoms with Gasteiger partial charge in [-0.15, -0.1) is 11.8 Å². The van der Waals surface area contributed by atoms with Crippen LogP contribution in [0.15, 0.2) is 46.0 Å². The van der Waals surface area contributed by atoms with Crippen molar-refractivity contribution in [3.05, 3.63) is 42.2 Å². The average Bonchev–Trinajstić information content (AvgIpc) is 2.81. The molecule has 0 amide bonds. The summed E-state index contributed by atoms with van der Waals surface area (Å²) in [6.07, 6.45) is 3.65. The second-order valence-electron chi connectivity index (χ2n) is 5.03. The number of thioether (sulfide) groups is 1. The number of benzene rings is 1. The van der Waals surface area contributed by atoms with E-state index in [0.29, 0.717) is 11.1 Å². The lowest BCUT2D eigenvalue weighted by atomic mass is 10.2. The van der Waals surface area contributed by atoms with E-state index in [1.54, 1.807) is 18.0 Å². The molecule has 2 aromatic heterocycles. The topological polar surface area (TPSA) is 38.9 Å². The standard InChI is InChI=1S/C16H16N2OS/c1-10(2)20-15-9-17-7-6-12(15)16-18-13-8-11(3)4-5-14(13)19-16/h4-10H,1-3H3. The van der Waals surface area contributed by atoms with Crippen LogP contribution in [0.4, 0.5) is 0 Å². The Morgan fingerprint density at radius 1 is 1.20 bits per heavy atom. The minimum atomic E-state index is 0.490. The van der Waals surface area contributed by atoms with Crippen molar-refractivity contribution in [2.24, 2.45) is 0 Å². The van der Waals surface area contributed by atoms with E-state index in [9.17, 15) is 0 Å². The normalized spacial score (nSPS) is 11.4. The Hall–Kier alpha value is -1.81. The van der Waals surface area contributed by atoms with E-state index in [2.05, 4.69) is 30.7 Å². The van der Waals surface area contributed by atoms with Crippen LogP contribution < -0.4 is 0 Å². The average molecular weight is 284 g/mol. The third kappa shape index (κ3) is 2.56. The number of pyridine rings is 1. The molecule has 3 nitrogen and oxygen atoms in total. The van der Waals surface area contributed by atoms with Gasteiger partial charge in [-0.25, -0.2) is 4.98 Å². The van der Waals surface area contributed by atoms with Crippen LogP contribution in [-0.2, 0) is 0 Å². The number of aromatic nitrogens is 2. The monoisotopic (exact) mass is 284 g/mol. The summed E-state index contributed by atoms with van der Waals surface area (Å²) in [7, 11) is 0. The van der Waals surface area contributed by atoms with E-state index in [1.807, 2.05) is 30.5 Å². The van der Waals surface area contributed by atoms with Crippen molar-refractivity contribution >= 4 is 22.9 Å². The Labute approximate surface area is 122 Å². The van der Waals surface area contributed by atoms with Gasteiger partial charge in [0.25, 0.3) is 0 Å². The molecule has 0 atom stereocenters. The van der Waals surface area contributed by atoms with Crippen molar-refractivity contribution in [3.63, 3.8) is 0 Å². The fourth-order valence-corrected chi connectivity index (χ4v) is 2.97. The van der Waals surface area contributed by atoms with Gasteiger partial charge in [-0.1, -0.05) is 19.9 Å². The van der Waals surface area contributed by atoms with Crippen molar-refractivity contribution in [1.82, 2.24) is 9.97 Å². The Morgan fingerprint density at radius 3 is 2.85 bits per heavy atom. The number of oxazole rings is 1. The van der Waals surface area contributed by atoms with Crippen molar-refractivity contribution in [1.29, 1.82) is 0 Å². The fourth-order valence-electron chi connectivity index (χ4n) is 2.06. The number of fused-ring (bicyclic) bond motifs is 1. The molecule has 3 aromatic rings. The molecule has 0 radical (unpaired) electrons. The van der Waals surface area contributed by atoms with E-state index in [1.165, 1.54) is 5.56 Å². The number of hydrogen-bond acceptors (Lipinski definition) is 4. The van der Waals surface area contributed by atoms with E-state index in [0.717, 1.165) is 21.6 Å². The first-order chi connectivity index (χ1) is 9.63. The van der Waals surface area contributed by atoms with Gasteiger partial charge in [0.1, 0.15) is 5.52 Å². The van der Waals surface area contributed by atoms with Crippen LogP contribution in [0.3, 0.4) is 0 Å². The zero-order valence-electron chi connectivity index (χ0n) is 11.8. The minimum Gasteiger partial charge on any atom is -0.436 e. The van der Waals surface area contributed by atoms with Crippen LogP contribution in [0.25, 0.3) is 22.6 Å². The molecule has 0 aliphatic heterocycles. The predicted octanol–water partition coefficient (Wildman–Crippen LogP) is 4.70. The van der Waals surface area contributed by atoms with E-state index < -0.39 is 0 Å². The summed E-state index contributed by atoms with van der Waals surface area (Å²) >= 11 is 1.77. The first kappa shape index (κ1) is 13.2. The van der Waals surface area contributed by atoms with Crippen molar-refractivity contribution in [2.45, 2.75) is 30.9 Å². The van der Waals surface area contributed by atoms with E-state index in [-0.39, 0.29) is 0 Å². The van der Waals surface area contributed by atoms with Crippen LogP contribution in [0.2, 0.25) is 0 Å². The molecule has 0 aliphatic carbocycles. The highest BCUT2D eigenvalue weighted by molar-refractivity contribution is 8.00. The quantitative estimate of drug-likeness (QED) is 0.653. The van der Waals surface area contributed by atoms with Gasteiger partial charge in [-0.05, 0) is 30.7 Å². The van der Waals surface area contributed by atoms with Gasteiger partial charge in [0.05, 0.1) is 5.56 Å². The third-order valence-electron chi connectivity index (χ3n) is 2.92. The fraction of sp³-hybridized carbons (Fsp3) is 0.250. The molecule has 0 bridgehead atoms.